The van der Waals surface area contributed by atoms with Gasteiger partial charge in [-0.15, -0.1) is 0 Å². The molecular formula is C52H60BrF2N10O5P. The van der Waals surface area contributed by atoms with Crippen LogP contribution in [-0.2, 0) is 25.4 Å². The number of hydrogen-bond donors (Lipinski definition) is 3. The van der Waals surface area contributed by atoms with Gasteiger partial charge in [0, 0.05) is 123 Å². The number of hydrogen-bond acceptors (Lipinski definition) is 13. The van der Waals surface area contributed by atoms with Crippen LogP contribution in [0.1, 0.15) is 74.6 Å². The van der Waals surface area contributed by atoms with Crippen LogP contribution in [0, 0.1) is 24.5 Å². The lowest BCUT2D eigenvalue weighted by molar-refractivity contribution is -0.137. The molecular weight excluding hydrogens is 994 g/mol. The topological polar surface area (TPSA) is 165 Å². The highest BCUT2D eigenvalue weighted by molar-refractivity contribution is 9.10. The van der Waals surface area contributed by atoms with E-state index in [2.05, 4.69) is 78.7 Å². The summed E-state index contributed by atoms with van der Waals surface area (Å²) in [5.41, 5.74) is 5.57. The Morgan fingerprint density at radius 3 is 2.32 bits per heavy atom. The standard InChI is InChI=1S/C52H60BrF2N10O5P/c1-4-33-7-8-36-41(57-33)10-11-42(48(36)71(69)23-5-6-24-71)58-49-38(53)29-56-52(61-49)59-43-25-31(2)44(28-45(43)70-3)63-17-14-34(15-18-63)62-19-21-64(22-20-62)51(68)32-13-16-65(30-32)35-26-39(54)47(40(55)27-35)37-9-12-46(66)60-50(37)67/h7-8,10-11,25-29,32,34,37H,4-6,9,12-24,30H2,1-3H3,(H,60,66,67)(H2,56,58,59,61)/t32-,37?/m1/s1. The van der Waals surface area contributed by atoms with Crippen LogP contribution in [0.2, 0.25) is 0 Å². The largest absolute Gasteiger partial charge is 0.494 e. The lowest BCUT2D eigenvalue weighted by atomic mass is 9.89. The van der Waals surface area contributed by atoms with E-state index in [9.17, 15) is 18.9 Å². The zero-order chi connectivity index (χ0) is 49.6. The number of carbonyl (C=O) groups excluding carboxylic acids is 3. The molecule has 5 saturated heterocycles. The fraction of sp³-hybridized carbons (Fsp3) is 0.462. The fourth-order valence-electron chi connectivity index (χ4n) is 11.4. The molecule has 2 atom stereocenters. The number of nitrogens with one attached hydrogen (secondary N) is 3. The van der Waals surface area contributed by atoms with Crippen LogP contribution in [0.3, 0.4) is 0 Å². The number of pyridine rings is 1. The van der Waals surface area contributed by atoms with E-state index in [0.717, 1.165) is 103 Å². The lowest BCUT2D eigenvalue weighted by Gasteiger charge is -2.44. The number of piperazine rings is 1. The molecule has 3 aromatic carbocycles. The van der Waals surface area contributed by atoms with Crippen LogP contribution in [-0.4, -0.2) is 120 Å². The quantitative estimate of drug-likeness (QED) is 0.0807. The van der Waals surface area contributed by atoms with E-state index >= 15 is 8.78 Å². The Kier molecular flexibility index (Phi) is 14.1. The minimum absolute atomic E-state index is 0.0271. The number of amides is 3. The molecule has 3 N–H and O–H groups in total. The molecule has 5 fully saturated rings. The summed E-state index contributed by atoms with van der Waals surface area (Å²) in [4.78, 5) is 60.7. The molecule has 2 aromatic heterocycles. The number of imide groups is 1. The third-order valence-corrected chi connectivity index (χ3v) is 19.2. The molecule has 5 aliphatic rings. The molecule has 71 heavy (non-hydrogen) atoms. The van der Waals surface area contributed by atoms with Crippen molar-refractivity contribution in [3.8, 4) is 5.75 Å². The number of anilines is 6. The second-order valence-electron chi connectivity index (χ2n) is 19.5. The number of methoxy groups -OCH3 is 1. The highest BCUT2D eigenvalue weighted by atomic mass is 79.9. The summed E-state index contributed by atoms with van der Waals surface area (Å²) in [7, 11) is -1.000. The van der Waals surface area contributed by atoms with Gasteiger partial charge in [0.2, 0.25) is 23.7 Å². The predicted molar refractivity (Wildman–Crippen MR) is 277 cm³/mol. The second kappa shape index (κ2) is 20.4. The predicted octanol–water partition coefficient (Wildman–Crippen LogP) is 8.37. The van der Waals surface area contributed by atoms with Gasteiger partial charge in [-0.2, -0.15) is 4.98 Å². The van der Waals surface area contributed by atoms with E-state index in [-0.39, 0.29) is 30.2 Å². The summed E-state index contributed by atoms with van der Waals surface area (Å²) in [6.07, 6.45) is 8.41. The maximum absolute atomic E-state index is 15.3. The maximum atomic E-state index is 15.3. The summed E-state index contributed by atoms with van der Waals surface area (Å²) < 4.78 is 51.7. The molecule has 10 rings (SSSR count). The average molecular weight is 1050 g/mol. The third kappa shape index (κ3) is 9.96. The molecule has 0 saturated carbocycles. The molecule has 374 valence electrons. The van der Waals surface area contributed by atoms with Gasteiger partial charge in [-0.3, -0.25) is 29.6 Å². The smallest absolute Gasteiger partial charge is 0.234 e. The van der Waals surface area contributed by atoms with Crippen LogP contribution < -0.4 is 35.8 Å². The van der Waals surface area contributed by atoms with Gasteiger partial charge in [-0.25, -0.2) is 13.8 Å². The Labute approximate surface area is 421 Å². The van der Waals surface area contributed by atoms with Crippen molar-refractivity contribution in [3.63, 3.8) is 0 Å². The van der Waals surface area contributed by atoms with E-state index < -0.39 is 36.5 Å². The van der Waals surface area contributed by atoms with E-state index in [1.807, 2.05) is 28.0 Å². The third-order valence-electron chi connectivity index (χ3n) is 15.2. The van der Waals surface area contributed by atoms with Gasteiger partial charge < -0.3 is 34.6 Å². The fourth-order valence-corrected chi connectivity index (χ4v) is 15.0. The zero-order valence-electron chi connectivity index (χ0n) is 40.4. The molecule has 1 unspecified atom stereocenters. The van der Waals surface area contributed by atoms with Crippen LogP contribution in [0.15, 0.2) is 59.2 Å². The van der Waals surface area contributed by atoms with Crippen LogP contribution >= 0.6 is 23.1 Å². The van der Waals surface area contributed by atoms with E-state index in [0.29, 0.717) is 78.6 Å². The average Bonchev–Trinajstić information content (AvgIpc) is 4.06. The summed E-state index contributed by atoms with van der Waals surface area (Å²) in [6, 6.07) is 15.1. The van der Waals surface area contributed by atoms with Gasteiger partial charge in [0.25, 0.3) is 0 Å². The number of benzene rings is 3. The van der Waals surface area contributed by atoms with Crippen LogP contribution in [0.4, 0.5) is 43.3 Å². The highest BCUT2D eigenvalue weighted by Crippen LogP contribution is 2.54. The normalized spacial score (nSPS) is 21.0. The molecule has 0 spiro atoms. The molecule has 19 heteroatoms. The molecule has 3 amide bonds. The van der Waals surface area contributed by atoms with Gasteiger partial charge in [0.05, 0.1) is 40.3 Å². The first-order valence-corrected chi connectivity index (χ1v) is 27.8. The van der Waals surface area contributed by atoms with Crippen molar-refractivity contribution in [1.82, 2.24) is 30.1 Å². The number of aromatic nitrogens is 3. The highest BCUT2D eigenvalue weighted by Gasteiger charge is 2.38. The number of piperidine rings is 2. The van der Waals surface area contributed by atoms with Crippen molar-refractivity contribution in [3.05, 3.63) is 87.7 Å². The Morgan fingerprint density at radius 2 is 1.62 bits per heavy atom. The van der Waals surface area contributed by atoms with Crippen LogP contribution in [0.5, 0.6) is 5.75 Å². The van der Waals surface area contributed by atoms with E-state index in [1.54, 1.807) is 13.3 Å². The molecule has 0 radical (unpaired) electrons. The van der Waals surface area contributed by atoms with Gasteiger partial charge in [-0.05, 0) is 110 Å². The number of nitrogens with zero attached hydrogens (tertiary/aromatic N) is 7. The van der Waals surface area contributed by atoms with E-state index in [4.69, 9.17) is 14.7 Å². The number of aryl methyl sites for hydroxylation is 2. The van der Waals surface area contributed by atoms with Gasteiger partial charge in [0.1, 0.15) is 30.3 Å². The summed E-state index contributed by atoms with van der Waals surface area (Å²) in [6.45, 7) is 9.63. The SMILES string of the molecule is CCc1ccc2c(P3(=O)CCCC3)c(Nc3nc(Nc4cc(C)c(N5CCC(N6CCN(C(=O)[C@@H]7CCN(c8cc(F)c(C9CCC(=O)NC9=O)c(F)c8)C7)CC6)CC5)cc4OC)ncc3Br)ccc2n1. The van der Waals surface area contributed by atoms with Gasteiger partial charge in [-0.1, -0.05) is 13.0 Å². The Morgan fingerprint density at radius 1 is 0.887 bits per heavy atom. The van der Waals surface area contributed by atoms with Crippen molar-refractivity contribution in [2.75, 3.05) is 92.2 Å². The lowest BCUT2D eigenvalue weighted by Crippen LogP contribution is -2.55. The molecule has 5 aromatic rings. The molecule has 5 aliphatic heterocycles. The Hall–Kier alpha value is -5.71. The molecule has 0 aliphatic carbocycles. The maximum Gasteiger partial charge on any atom is 0.234 e. The van der Waals surface area contributed by atoms with E-state index in [1.165, 1.54) is 12.1 Å². The van der Waals surface area contributed by atoms with Crippen molar-refractivity contribution in [2.45, 2.75) is 77.2 Å². The first-order chi connectivity index (χ1) is 34.3. The summed E-state index contributed by atoms with van der Waals surface area (Å²) in [5, 5.41) is 10.9. The number of rotatable bonds is 12. The molecule has 0 bridgehead atoms. The van der Waals surface area contributed by atoms with Crippen molar-refractivity contribution >= 4 is 91.5 Å². The second-order valence-corrected chi connectivity index (χ2v) is 23.5. The minimum atomic E-state index is -2.66. The number of fused-ring (bicyclic) bond motifs is 1. The van der Waals surface area contributed by atoms with Gasteiger partial charge >= 0.3 is 0 Å². The molecule has 15 nitrogen and oxygen atoms in total. The number of ether oxygens (including phenoxy) is 1. The molecule has 7 heterocycles. The van der Waals surface area contributed by atoms with Crippen molar-refractivity contribution < 1.29 is 32.5 Å². The monoisotopic (exact) mass is 1050 g/mol. The zero-order valence-corrected chi connectivity index (χ0v) is 42.9. The van der Waals surface area contributed by atoms with Crippen LogP contribution in [0.25, 0.3) is 10.9 Å². The Balaban J connectivity index is 0.739. The van der Waals surface area contributed by atoms with Crippen molar-refractivity contribution in [2.24, 2.45) is 5.92 Å². The first kappa shape index (κ1) is 48.9. The van der Waals surface area contributed by atoms with Crippen molar-refractivity contribution in [1.29, 1.82) is 0 Å². The number of carbonyl (C=O) groups is 3. The number of halogens is 3. The van der Waals surface area contributed by atoms with Gasteiger partial charge in [0.15, 0.2) is 0 Å². The Bertz CT molecular complexity index is 2920. The summed E-state index contributed by atoms with van der Waals surface area (Å²) in [5.74, 6) is -2.45. The summed E-state index contributed by atoms with van der Waals surface area (Å²) >= 11 is 3.65. The minimum Gasteiger partial charge on any atom is -0.494 e. The first-order valence-electron chi connectivity index (χ1n) is 24.9.